The van der Waals surface area contributed by atoms with Crippen molar-refractivity contribution in [3.05, 3.63) is 82.0 Å². The highest BCUT2D eigenvalue weighted by Crippen LogP contribution is 2.19. The van der Waals surface area contributed by atoms with Crippen molar-refractivity contribution >= 4 is 28.8 Å². The van der Waals surface area contributed by atoms with Crippen molar-refractivity contribution in [1.29, 1.82) is 0 Å². The molecular formula is C18H12ClN5O2. The van der Waals surface area contributed by atoms with E-state index >= 15 is 0 Å². The Morgan fingerprint density at radius 3 is 2.77 bits per heavy atom. The Hall–Kier alpha value is -3.45. The summed E-state index contributed by atoms with van der Waals surface area (Å²) in [6.07, 6.45) is 4.11. The lowest BCUT2D eigenvalue weighted by Crippen LogP contribution is -2.17. The van der Waals surface area contributed by atoms with Gasteiger partial charge in [-0.05, 0) is 30.3 Å². The maximum Gasteiger partial charge on any atom is 0.285 e. The molecule has 2 aromatic heterocycles. The summed E-state index contributed by atoms with van der Waals surface area (Å²) in [5.74, 6) is 0.0112. The number of aromatic hydroxyl groups is 1. The molecule has 0 unspecified atom stereocenters. The fourth-order valence-electron chi connectivity index (χ4n) is 2.50. The van der Waals surface area contributed by atoms with Crippen molar-refractivity contribution in [3.8, 4) is 11.4 Å². The quantitative estimate of drug-likeness (QED) is 0.566. The molecule has 4 aromatic rings. The minimum atomic E-state index is -0.366. The zero-order chi connectivity index (χ0) is 18.1. The number of halogens is 1. The maximum absolute atomic E-state index is 12.6. The summed E-state index contributed by atoms with van der Waals surface area (Å²) in [5, 5.41) is 18.9. The number of aromatic nitrogens is 4. The Labute approximate surface area is 152 Å². The second-order valence-corrected chi connectivity index (χ2v) is 5.91. The number of benzene rings is 2. The summed E-state index contributed by atoms with van der Waals surface area (Å²) in [7, 11) is 0. The summed E-state index contributed by atoms with van der Waals surface area (Å²) < 4.78 is 2.67. The van der Waals surface area contributed by atoms with Crippen LogP contribution >= 0.6 is 11.6 Å². The van der Waals surface area contributed by atoms with E-state index in [4.69, 9.17) is 11.6 Å². The van der Waals surface area contributed by atoms with E-state index in [-0.39, 0.29) is 11.3 Å². The maximum atomic E-state index is 12.6. The van der Waals surface area contributed by atoms with Crippen LogP contribution in [0.25, 0.3) is 16.7 Å². The lowest BCUT2D eigenvalue weighted by atomic mass is 10.2. The second-order valence-electron chi connectivity index (χ2n) is 5.47. The molecule has 0 aliphatic heterocycles. The van der Waals surface area contributed by atoms with Crippen molar-refractivity contribution in [2.24, 2.45) is 5.10 Å². The van der Waals surface area contributed by atoms with Gasteiger partial charge in [0.25, 0.3) is 5.56 Å². The van der Waals surface area contributed by atoms with Gasteiger partial charge in [0.2, 0.25) is 0 Å². The fraction of sp³-hybridized carbons (Fsp3) is 0. The van der Waals surface area contributed by atoms with E-state index < -0.39 is 0 Å². The molecule has 7 nitrogen and oxygen atoms in total. The van der Waals surface area contributed by atoms with E-state index in [0.717, 1.165) is 10.4 Å². The molecule has 0 radical (unpaired) electrons. The number of fused-ring (bicyclic) bond motifs is 1. The van der Waals surface area contributed by atoms with Crippen LogP contribution in [0.5, 0.6) is 5.75 Å². The molecule has 4 rings (SSSR count). The third-order valence-electron chi connectivity index (χ3n) is 3.78. The fourth-order valence-corrected chi connectivity index (χ4v) is 2.68. The van der Waals surface area contributed by atoms with Crippen LogP contribution in [-0.4, -0.2) is 30.8 Å². The van der Waals surface area contributed by atoms with E-state index in [2.05, 4.69) is 15.2 Å². The molecular weight excluding hydrogens is 354 g/mol. The molecule has 0 aliphatic carbocycles. The molecule has 0 bridgehead atoms. The molecule has 0 amide bonds. The van der Waals surface area contributed by atoms with Gasteiger partial charge in [0, 0.05) is 10.6 Å². The summed E-state index contributed by atoms with van der Waals surface area (Å²) in [4.78, 5) is 16.9. The zero-order valence-corrected chi connectivity index (χ0v) is 14.1. The Kier molecular flexibility index (Phi) is 3.98. The zero-order valence-electron chi connectivity index (χ0n) is 13.3. The van der Waals surface area contributed by atoms with Crippen molar-refractivity contribution in [2.75, 3.05) is 0 Å². The van der Waals surface area contributed by atoms with Crippen LogP contribution in [0.3, 0.4) is 0 Å². The highest BCUT2D eigenvalue weighted by atomic mass is 35.5. The van der Waals surface area contributed by atoms with Crippen molar-refractivity contribution in [2.45, 2.75) is 0 Å². The molecule has 0 spiro atoms. The van der Waals surface area contributed by atoms with Gasteiger partial charge in [0.05, 0.1) is 18.1 Å². The Morgan fingerprint density at radius 2 is 1.96 bits per heavy atom. The summed E-state index contributed by atoms with van der Waals surface area (Å²) in [6.45, 7) is 0. The van der Waals surface area contributed by atoms with Crippen LogP contribution in [0.2, 0.25) is 5.02 Å². The van der Waals surface area contributed by atoms with E-state index in [1.807, 2.05) is 30.3 Å². The predicted molar refractivity (Wildman–Crippen MR) is 99.2 cm³/mol. The summed E-state index contributed by atoms with van der Waals surface area (Å²) in [6, 6.07) is 14.0. The number of phenols is 1. The largest absolute Gasteiger partial charge is 0.507 e. The van der Waals surface area contributed by atoms with E-state index in [9.17, 15) is 9.90 Å². The van der Waals surface area contributed by atoms with E-state index in [0.29, 0.717) is 21.6 Å². The first-order chi connectivity index (χ1) is 12.6. The summed E-state index contributed by atoms with van der Waals surface area (Å²) >= 11 is 5.90. The number of rotatable bonds is 3. The average molecular weight is 366 g/mol. The number of hydrogen-bond acceptors (Lipinski definition) is 5. The Balaban J connectivity index is 1.76. The van der Waals surface area contributed by atoms with Crippen LogP contribution in [0.4, 0.5) is 0 Å². The van der Waals surface area contributed by atoms with E-state index in [1.54, 1.807) is 16.8 Å². The molecule has 8 heteroatoms. The van der Waals surface area contributed by atoms with Gasteiger partial charge in [0.15, 0.2) is 5.65 Å². The monoisotopic (exact) mass is 365 g/mol. The van der Waals surface area contributed by atoms with Gasteiger partial charge in [-0.1, -0.05) is 29.8 Å². The molecule has 0 atom stereocenters. The molecule has 2 aromatic carbocycles. The number of para-hydroxylation sites is 1. The third-order valence-corrected chi connectivity index (χ3v) is 4.02. The molecule has 0 fully saturated rings. The van der Waals surface area contributed by atoms with Gasteiger partial charge in [-0.15, -0.1) is 0 Å². The minimum absolute atomic E-state index is 0.0112. The van der Waals surface area contributed by atoms with E-state index in [1.165, 1.54) is 24.8 Å². The minimum Gasteiger partial charge on any atom is -0.507 e. The van der Waals surface area contributed by atoms with Gasteiger partial charge in [0.1, 0.15) is 17.5 Å². The normalized spacial score (nSPS) is 11.4. The Morgan fingerprint density at radius 1 is 1.15 bits per heavy atom. The van der Waals surface area contributed by atoms with Gasteiger partial charge in [-0.2, -0.15) is 14.9 Å². The van der Waals surface area contributed by atoms with Crippen molar-refractivity contribution < 1.29 is 5.11 Å². The highest BCUT2D eigenvalue weighted by Gasteiger charge is 2.11. The lowest BCUT2D eigenvalue weighted by molar-refractivity contribution is 0.474. The average Bonchev–Trinajstić information content (AvgIpc) is 3.09. The van der Waals surface area contributed by atoms with Gasteiger partial charge in [-0.3, -0.25) is 4.79 Å². The SMILES string of the molecule is O=c1c2cnn(-c3ccccc3)c2ncn1/N=C/c1cc(Cl)ccc1O. The molecule has 2 heterocycles. The number of phenolic OH excluding ortho intramolecular Hbond substituents is 1. The number of hydrogen-bond donors (Lipinski definition) is 1. The predicted octanol–water partition coefficient (Wildman–Crippen LogP) is 2.82. The van der Waals surface area contributed by atoms with Gasteiger partial charge in [-0.25, -0.2) is 9.67 Å². The lowest BCUT2D eigenvalue weighted by Gasteiger charge is -2.03. The number of nitrogens with zero attached hydrogens (tertiary/aromatic N) is 5. The second kappa shape index (κ2) is 6.45. The standard InChI is InChI=1S/C18H12ClN5O2/c19-13-6-7-16(25)12(8-13)9-21-23-11-20-17-15(18(23)26)10-22-24(17)14-4-2-1-3-5-14/h1-11,25H/b21-9+. The molecule has 128 valence electrons. The van der Waals surface area contributed by atoms with Gasteiger partial charge >= 0.3 is 0 Å². The molecule has 0 aliphatic rings. The third kappa shape index (κ3) is 2.84. The van der Waals surface area contributed by atoms with Crippen molar-refractivity contribution in [3.63, 3.8) is 0 Å². The first-order valence-electron chi connectivity index (χ1n) is 7.67. The molecule has 1 N–H and O–H groups in total. The van der Waals surface area contributed by atoms with Crippen LogP contribution < -0.4 is 5.56 Å². The van der Waals surface area contributed by atoms with Crippen molar-refractivity contribution in [1.82, 2.24) is 19.4 Å². The molecule has 0 saturated carbocycles. The highest BCUT2D eigenvalue weighted by molar-refractivity contribution is 6.30. The smallest absolute Gasteiger partial charge is 0.285 e. The topological polar surface area (TPSA) is 85.3 Å². The van der Waals surface area contributed by atoms with Crippen LogP contribution in [0, 0.1) is 0 Å². The molecule has 0 saturated heterocycles. The van der Waals surface area contributed by atoms with Crippen LogP contribution in [0.1, 0.15) is 5.56 Å². The first-order valence-corrected chi connectivity index (χ1v) is 8.05. The first kappa shape index (κ1) is 16.0. The van der Waals surface area contributed by atoms with Gasteiger partial charge < -0.3 is 5.11 Å². The van der Waals surface area contributed by atoms with Crippen LogP contribution in [0.15, 0.2) is 71.0 Å². The van der Waals surface area contributed by atoms with Crippen LogP contribution in [-0.2, 0) is 0 Å². The summed E-state index contributed by atoms with van der Waals surface area (Å²) in [5.41, 5.74) is 1.28. The molecule has 26 heavy (non-hydrogen) atoms. The Bertz CT molecular complexity index is 1180.